The number of esters is 1. The van der Waals surface area contributed by atoms with Gasteiger partial charge in [0.25, 0.3) is 0 Å². The van der Waals surface area contributed by atoms with Crippen LogP contribution in [0.25, 0.3) is 22.2 Å². The molecule has 3 N–H and O–H groups in total. The monoisotopic (exact) mass is 559 g/mol. The highest BCUT2D eigenvalue weighted by Crippen LogP contribution is 2.34. The largest absolute Gasteiger partial charge is 0.467 e. The summed E-state index contributed by atoms with van der Waals surface area (Å²) in [6, 6.07) is 11.5. The summed E-state index contributed by atoms with van der Waals surface area (Å²) in [5.41, 5.74) is 2.70. The van der Waals surface area contributed by atoms with E-state index in [0.29, 0.717) is 16.8 Å². The number of carbonyl (C=O) groups excluding carboxylic acids is 2. The molecule has 0 saturated heterocycles. The van der Waals surface area contributed by atoms with E-state index in [0.717, 1.165) is 43.0 Å². The second-order valence-corrected chi connectivity index (χ2v) is 12.2. The number of rotatable bonds is 9. The third kappa shape index (κ3) is 6.22. The molecule has 3 aromatic rings. The van der Waals surface area contributed by atoms with Gasteiger partial charge in [-0.2, -0.15) is 0 Å². The molecule has 1 amide bonds. The molecule has 1 aromatic heterocycles. The Bertz CT molecular complexity index is 1430. The Kier molecular flexibility index (Phi) is 8.80. The lowest BCUT2D eigenvalue weighted by Gasteiger charge is -2.23. The van der Waals surface area contributed by atoms with Crippen LogP contribution in [0.15, 0.2) is 47.4 Å². The predicted octanol–water partition coefficient (Wildman–Crippen LogP) is 4.96. The molecule has 1 atom stereocenters. The quantitative estimate of drug-likeness (QED) is 0.320. The summed E-state index contributed by atoms with van der Waals surface area (Å²) in [7, 11) is -2.56. The van der Waals surface area contributed by atoms with Gasteiger partial charge in [0, 0.05) is 16.9 Å². The van der Waals surface area contributed by atoms with E-state index in [2.05, 4.69) is 15.0 Å². The fourth-order valence-electron chi connectivity index (χ4n) is 5.01. The van der Waals surface area contributed by atoms with Crippen LogP contribution < -0.4 is 10.0 Å². The number of para-hydroxylation sites is 1. The van der Waals surface area contributed by atoms with Crippen molar-refractivity contribution in [2.24, 2.45) is 5.92 Å². The van der Waals surface area contributed by atoms with Crippen molar-refractivity contribution in [3.05, 3.63) is 53.1 Å². The molecule has 8 nitrogen and oxygen atoms in total. The summed E-state index contributed by atoms with van der Waals surface area (Å²) in [6.07, 6.45) is 4.69. The number of sulfonamides is 1. The van der Waals surface area contributed by atoms with Crippen molar-refractivity contribution >= 4 is 44.4 Å². The molecule has 0 aliphatic heterocycles. The SMILES string of the molecule is COC(=O)[C@@H](NC(=O)Cc1c(-c2ccc(Cl)c(S(=O)(=O)NC3CCCCC3)c2)[nH]c2ccccc12)C(C)C. The number of aromatic nitrogens is 1. The lowest BCUT2D eigenvalue weighted by molar-refractivity contribution is -0.146. The number of aromatic amines is 1. The molecule has 0 radical (unpaired) electrons. The first-order valence-electron chi connectivity index (χ1n) is 12.9. The predicted molar refractivity (Wildman–Crippen MR) is 148 cm³/mol. The maximum Gasteiger partial charge on any atom is 0.328 e. The smallest absolute Gasteiger partial charge is 0.328 e. The molecule has 1 saturated carbocycles. The Morgan fingerprint density at radius 3 is 2.50 bits per heavy atom. The minimum Gasteiger partial charge on any atom is -0.467 e. The third-order valence-electron chi connectivity index (χ3n) is 7.03. The average Bonchev–Trinajstić information content (AvgIpc) is 3.25. The summed E-state index contributed by atoms with van der Waals surface area (Å²) in [5, 5.41) is 3.74. The molecular formula is C28H34ClN3O5S. The van der Waals surface area contributed by atoms with Gasteiger partial charge in [0.15, 0.2) is 0 Å². The lowest BCUT2D eigenvalue weighted by Crippen LogP contribution is -2.45. The number of halogens is 1. The molecule has 1 heterocycles. The Hall–Kier alpha value is -2.88. The first-order chi connectivity index (χ1) is 18.1. The molecule has 0 spiro atoms. The van der Waals surface area contributed by atoms with E-state index in [1.807, 2.05) is 38.1 Å². The van der Waals surface area contributed by atoms with Gasteiger partial charge in [-0.1, -0.05) is 69.0 Å². The Balaban J connectivity index is 1.70. The Morgan fingerprint density at radius 1 is 1.11 bits per heavy atom. The van der Waals surface area contributed by atoms with E-state index >= 15 is 0 Å². The van der Waals surface area contributed by atoms with Crippen molar-refractivity contribution in [3.8, 4) is 11.3 Å². The van der Waals surface area contributed by atoms with Crippen molar-refractivity contribution in [2.75, 3.05) is 7.11 Å². The van der Waals surface area contributed by atoms with Gasteiger partial charge in [-0.25, -0.2) is 17.9 Å². The Morgan fingerprint density at radius 2 is 1.82 bits per heavy atom. The van der Waals surface area contributed by atoms with E-state index in [-0.39, 0.29) is 34.2 Å². The number of carbonyl (C=O) groups is 2. The molecule has 4 rings (SSSR count). The highest BCUT2D eigenvalue weighted by Gasteiger charge is 2.28. The van der Waals surface area contributed by atoms with Crippen molar-refractivity contribution in [3.63, 3.8) is 0 Å². The van der Waals surface area contributed by atoms with E-state index in [4.69, 9.17) is 16.3 Å². The summed E-state index contributed by atoms with van der Waals surface area (Å²) in [5.74, 6) is -1.01. The minimum absolute atomic E-state index is 0.00172. The van der Waals surface area contributed by atoms with Crippen molar-refractivity contribution in [2.45, 2.75) is 69.4 Å². The number of benzene rings is 2. The van der Waals surface area contributed by atoms with Crippen LogP contribution in [0.1, 0.15) is 51.5 Å². The molecule has 38 heavy (non-hydrogen) atoms. The summed E-state index contributed by atoms with van der Waals surface area (Å²) < 4.78 is 34.3. The van der Waals surface area contributed by atoms with E-state index in [1.54, 1.807) is 18.2 Å². The zero-order valence-electron chi connectivity index (χ0n) is 21.8. The molecule has 2 aromatic carbocycles. The number of fused-ring (bicyclic) bond motifs is 1. The number of amides is 1. The van der Waals surface area contributed by atoms with Crippen LogP contribution >= 0.6 is 11.6 Å². The van der Waals surface area contributed by atoms with Crippen LogP contribution in [0.5, 0.6) is 0 Å². The minimum atomic E-state index is -3.85. The first kappa shape index (κ1) is 28.1. The highest BCUT2D eigenvalue weighted by molar-refractivity contribution is 7.89. The first-order valence-corrected chi connectivity index (χ1v) is 14.8. The normalized spacial score (nSPS) is 15.5. The van der Waals surface area contributed by atoms with Crippen LogP contribution in [0, 0.1) is 5.92 Å². The molecule has 10 heteroatoms. The van der Waals surface area contributed by atoms with Gasteiger partial charge in [0.1, 0.15) is 10.9 Å². The topological polar surface area (TPSA) is 117 Å². The fraction of sp³-hybridized carbons (Fsp3) is 0.429. The molecule has 204 valence electrons. The van der Waals surface area contributed by atoms with Gasteiger partial charge in [-0.3, -0.25) is 4.79 Å². The fourth-order valence-corrected chi connectivity index (χ4v) is 6.84. The van der Waals surface area contributed by atoms with E-state index in [9.17, 15) is 18.0 Å². The molecule has 1 aliphatic rings. The summed E-state index contributed by atoms with van der Waals surface area (Å²) >= 11 is 6.38. The number of hydrogen-bond donors (Lipinski definition) is 3. The zero-order valence-corrected chi connectivity index (χ0v) is 23.4. The van der Waals surface area contributed by atoms with Crippen molar-refractivity contribution < 1.29 is 22.7 Å². The lowest BCUT2D eigenvalue weighted by atomic mass is 9.96. The molecule has 1 fully saturated rings. The molecule has 0 unspecified atom stereocenters. The molecular weight excluding hydrogens is 526 g/mol. The van der Waals surface area contributed by atoms with E-state index < -0.39 is 22.0 Å². The van der Waals surface area contributed by atoms with Gasteiger partial charge in [0.05, 0.1) is 24.2 Å². The van der Waals surface area contributed by atoms with Crippen LogP contribution in [0.4, 0.5) is 0 Å². The maximum atomic E-state index is 13.3. The van der Waals surface area contributed by atoms with Crippen LogP contribution in [-0.2, 0) is 30.8 Å². The number of methoxy groups -OCH3 is 1. The molecule has 1 aliphatic carbocycles. The number of nitrogens with one attached hydrogen (secondary N) is 3. The average molecular weight is 560 g/mol. The van der Waals surface area contributed by atoms with Crippen molar-refractivity contribution in [1.82, 2.24) is 15.0 Å². The zero-order chi connectivity index (χ0) is 27.4. The second-order valence-electron chi connectivity index (χ2n) is 10.1. The van der Waals surface area contributed by atoms with Gasteiger partial charge in [-0.15, -0.1) is 0 Å². The molecule has 0 bridgehead atoms. The summed E-state index contributed by atoms with van der Waals surface area (Å²) in [6.45, 7) is 3.66. The van der Waals surface area contributed by atoms with Gasteiger partial charge < -0.3 is 15.0 Å². The second kappa shape index (κ2) is 11.9. The van der Waals surface area contributed by atoms with Crippen molar-refractivity contribution in [1.29, 1.82) is 0 Å². The van der Waals surface area contributed by atoms with Gasteiger partial charge in [0.2, 0.25) is 15.9 Å². The van der Waals surface area contributed by atoms with Crippen LogP contribution in [-0.4, -0.2) is 44.5 Å². The van der Waals surface area contributed by atoms with Crippen LogP contribution in [0.2, 0.25) is 5.02 Å². The standard InChI is InChI=1S/C28H34ClN3O5S/c1-17(2)26(28(34)37-3)31-25(33)16-21-20-11-7-8-12-23(20)30-27(21)18-13-14-22(29)24(15-18)38(35,36)32-19-9-5-4-6-10-19/h7-8,11-15,17,19,26,30,32H,4-6,9-10,16H2,1-3H3,(H,31,33)/t26-/m0/s1. The van der Waals surface area contributed by atoms with Crippen LogP contribution in [0.3, 0.4) is 0 Å². The number of ether oxygens (including phenoxy) is 1. The third-order valence-corrected chi connectivity index (χ3v) is 9.03. The van der Waals surface area contributed by atoms with Gasteiger partial charge >= 0.3 is 5.97 Å². The maximum absolute atomic E-state index is 13.3. The Labute approximate surface area is 228 Å². The number of hydrogen-bond acceptors (Lipinski definition) is 5. The van der Waals surface area contributed by atoms with E-state index in [1.165, 1.54) is 7.11 Å². The highest BCUT2D eigenvalue weighted by atomic mass is 35.5. The summed E-state index contributed by atoms with van der Waals surface area (Å²) in [4.78, 5) is 28.6. The van der Waals surface area contributed by atoms with Gasteiger partial charge in [-0.05, 0) is 48.1 Å². The number of H-pyrrole nitrogens is 1.